The highest BCUT2D eigenvalue weighted by molar-refractivity contribution is 5.86. The van der Waals surface area contributed by atoms with Crippen LogP contribution in [0.2, 0.25) is 0 Å². The average molecular weight is 307 g/mol. The number of ether oxygens (including phenoxy) is 2. The second-order valence-corrected chi connectivity index (χ2v) is 3.30. The predicted octanol–water partition coefficient (Wildman–Crippen LogP) is 2.72. The number of carbonyl (C=O) groups is 1. The second kappa shape index (κ2) is 5.59. The Morgan fingerprint density at radius 2 is 1.85 bits per heavy atom. The summed E-state index contributed by atoms with van der Waals surface area (Å²) in [5.74, 6) is -1.07. The molecule has 114 valence electrons. The summed E-state index contributed by atoms with van der Waals surface area (Å²) in [5.41, 5.74) is -0.607. The van der Waals surface area contributed by atoms with Gasteiger partial charge in [0, 0.05) is 0 Å². The summed E-state index contributed by atoms with van der Waals surface area (Å²) in [4.78, 5) is 14.1. The van der Waals surface area contributed by atoms with Crippen molar-refractivity contribution >= 4 is 5.97 Å². The van der Waals surface area contributed by atoms with E-state index in [2.05, 4.69) is 18.9 Å². The molecule has 0 spiro atoms. The van der Waals surface area contributed by atoms with E-state index < -0.39 is 36.2 Å². The van der Waals surface area contributed by atoms with Gasteiger partial charge in [-0.25, -0.2) is 4.79 Å². The summed E-state index contributed by atoms with van der Waals surface area (Å²) in [7, 11) is 0. The minimum Gasteiger partial charge on any atom is -0.461 e. The molecule has 0 amide bonds. The van der Waals surface area contributed by atoms with E-state index in [1.54, 1.807) is 0 Å². The molecule has 0 aliphatic rings. The van der Waals surface area contributed by atoms with E-state index in [1.807, 2.05) is 0 Å². The second-order valence-electron chi connectivity index (χ2n) is 3.30. The van der Waals surface area contributed by atoms with Gasteiger partial charge < -0.3 is 13.9 Å². The third-order valence-corrected chi connectivity index (χ3v) is 1.78. The number of hydrogen-bond donors (Lipinski definition) is 0. The van der Waals surface area contributed by atoms with Crippen LogP contribution < -0.4 is 4.74 Å². The average Bonchev–Trinajstić information content (AvgIpc) is 2.71. The van der Waals surface area contributed by atoms with Crippen molar-refractivity contribution in [3.63, 3.8) is 0 Å². The van der Waals surface area contributed by atoms with Gasteiger partial charge in [0.25, 0.3) is 6.10 Å². The standard InChI is InChI=1S/C9H7F6NO4/c1-2-18-5(17)4-3-19-7(16-4)20-6(8(10,11)12)9(13,14)15/h3,6H,2H2,1H3. The lowest BCUT2D eigenvalue weighted by Gasteiger charge is -2.21. The summed E-state index contributed by atoms with van der Waals surface area (Å²) >= 11 is 0. The first-order valence-electron chi connectivity index (χ1n) is 4.98. The van der Waals surface area contributed by atoms with E-state index in [-0.39, 0.29) is 6.61 Å². The molecule has 0 bridgehead atoms. The van der Waals surface area contributed by atoms with Crippen LogP contribution >= 0.6 is 0 Å². The van der Waals surface area contributed by atoms with E-state index in [4.69, 9.17) is 0 Å². The van der Waals surface area contributed by atoms with Gasteiger partial charge in [-0.2, -0.15) is 31.3 Å². The number of aromatic nitrogens is 1. The van der Waals surface area contributed by atoms with E-state index in [1.165, 1.54) is 6.92 Å². The van der Waals surface area contributed by atoms with Crippen LogP contribution in [0, 0.1) is 0 Å². The Bertz CT molecular complexity index is 452. The summed E-state index contributed by atoms with van der Waals surface area (Å²) in [6.07, 6.45) is -16.3. The molecule has 5 nitrogen and oxygen atoms in total. The van der Waals surface area contributed by atoms with Crippen molar-refractivity contribution in [3.8, 4) is 6.08 Å². The lowest BCUT2D eigenvalue weighted by molar-refractivity contribution is -0.303. The number of esters is 1. The first-order valence-corrected chi connectivity index (χ1v) is 4.98. The van der Waals surface area contributed by atoms with Gasteiger partial charge in [-0.05, 0) is 6.92 Å². The molecule has 0 unspecified atom stereocenters. The molecule has 0 aliphatic carbocycles. The molecule has 1 heterocycles. The van der Waals surface area contributed by atoms with Crippen molar-refractivity contribution in [2.24, 2.45) is 0 Å². The third kappa shape index (κ3) is 4.03. The minimum absolute atomic E-state index is 0.0599. The molecule has 20 heavy (non-hydrogen) atoms. The van der Waals surface area contributed by atoms with Crippen LogP contribution in [-0.4, -0.2) is 36.0 Å². The zero-order chi connectivity index (χ0) is 15.6. The molecule has 1 aromatic rings. The highest BCUT2D eigenvalue weighted by Crippen LogP contribution is 2.36. The van der Waals surface area contributed by atoms with Crippen LogP contribution in [0.25, 0.3) is 0 Å². The first kappa shape index (κ1) is 16.1. The van der Waals surface area contributed by atoms with Crippen LogP contribution in [0.4, 0.5) is 26.3 Å². The molecule has 0 saturated heterocycles. The normalized spacial score (nSPS) is 12.6. The molecule has 0 aliphatic heterocycles. The van der Waals surface area contributed by atoms with Gasteiger partial charge in [0.2, 0.25) is 0 Å². The summed E-state index contributed by atoms with van der Waals surface area (Å²) < 4.78 is 85.3. The number of oxazole rings is 1. The maximum absolute atomic E-state index is 12.2. The SMILES string of the molecule is CCOC(=O)c1coc(OC(C(F)(F)F)C(F)(F)F)n1. The number of alkyl halides is 6. The Morgan fingerprint density at radius 1 is 1.30 bits per heavy atom. The molecule has 1 rings (SSSR count). The molecule has 0 radical (unpaired) electrons. The van der Waals surface area contributed by atoms with Crippen LogP contribution in [0.1, 0.15) is 17.4 Å². The van der Waals surface area contributed by atoms with Crippen molar-refractivity contribution in [2.75, 3.05) is 6.61 Å². The lowest BCUT2D eigenvalue weighted by atomic mass is 10.3. The third-order valence-electron chi connectivity index (χ3n) is 1.78. The molecule has 0 saturated carbocycles. The maximum atomic E-state index is 12.2. The molecule has 0 fully saturated rings. The van der Waals surface area contributed by atoms with Crippen LogP contribution in [-0.2, 0) is 4.74 Å². The molecule has 0 N–H and O–H groups in total. The van der Waals surface area contributed by atoms with Crippen molar-refractivity contribution < 1.29 is 45.0 Å². The van der Waals surface area contributed by atoms with E-state index >= 15 is 0 Å². The van der Waals surface area contributed by atoms with Crippen molar-refractivity contribution in [2.45, 2.75) is 25.4 Å². The fraction of sp³-hybridized carbons (Fsp3) is 0.556. The van der Waals surface area contributed by atoms with E-state index in [9.17, 15) is 31.1 Å². The quantitative estimate of drug-likeness (QED) is 0.632. The van der Waals surface area contributed by atoms with Crippen molar-refractivity contribution in [3.05, 3.63) is 12.0 Å². The van der Waals surface area contributed by atoms with Gasteiger partial charge in [-0.3, -0.25) is 0 Å². The topological polar surface area (TPSA) is 61.6 Å². The predicted molar refractivity (Wildman–Crippen MR) is 49.0 cm³/mol. The van der Waals surface area contributed by atoms with Gasteiger partial charge in [-0.15, -0.1) is 0 Å². The summed E-state index contributed by atoms with van der Waals surface area (Å²) in [6, 6.07) is 0. The maximum Gasteiger partial charge on any atom is 0.434 e. The number of hydrogen-bond acceptors (Lipinski definition) is 5. The molecule has 1 aromatic heterocycles. The highest BCUT2D eigenvalue weighted by Gasteiger charge is 2.59. The first-order chi connectivity index (χ1) is 9.05. The van der Waals surface area contributed by atoms with Crippen molar-refractivity contribution in [1.82, 2.24) is 4.98 Å². The minimum atomic E-state index is -5.71. The molecular weight excluding hydrogens is 300 g/mol. The smallest absolute Gasteiger partial charge is 0.434 e. The Balaban J connectivity index is 2.88. The van der Waals surface area contributed by atoms with E-state index in [0.717, 1.165) is 0 Å². The molecular formula is C9H7F6NO4. The number of carbonyl (C=O) groups excluding carboxylic acids is 1. The molecule has 11 heteroatoms. The number of rotatable bonds is 4. The van der Waals surface area contributed by atoms with Crippen LogP contribution in [0.5, 0.6) is 6.08 Å². The summed E-state index contributed by atoms with van der Waals surface area (Å²) in [5, 5.41) is 0. The fourth-order valence-corrected chi connectivity index (χ4v) is 1.03. The zero-order valence-corrected chi connectivity index (χ0v) is 9.71. The van der Waals surface area contributed by atoms with Gasteiger partial charge in [0.1, 0.15) is 6.26 Å². The van der Waals surface area contributed by atoms with E-state index in [0.29, 0.717) is 6.26 Å². The fourth-order valence-electron chi connectivity index (χ4n) is 1.03. The Labute approximate surface area is 107 Å². The number of nitrogens with zero attached hydrogens (tertiary/aromatic N) is 1. The molecule has 0 aromatic carbocycles. The van der Waals surface area contributed by atoms with Gasteiger partial charge >= 0.3 is 24.4 Å². The number of halogens is 6. The van der Waals surface area contributed by atoms with Gasteiger partial charge in [-0.1, -0.05) is 0 Å². The highest BCUT2D eigenvalue weighted by atomic mass is 19.4. The zero-order valence-electron chi connectivity index (χ0n) is 9.71. The van der Waals surface area contributed by atoms with Crippen molar-refractivity contribution in [1.29, 1.82) is 0 Å². The van der Waals surface area contributed by atoms with Crippen LogP contribution in [0.3, 0.4) is 0 Å². The monoisotopic (exact) mass is 307 g/mol. The lowest BCUT2D eigenvalue weighted by Crippen LogP contribution is -2.46. The molecule has 0 atom stereocenters. The van der Waals surface area contributed by atoms with Crippen LogP contribution in [0.15, 0.2) is 10.7 Å². The Hall–Kier alpha value is -1.94. The van der Waals surface area contributed by atoms with Gasteiger partial charge in [0.05, 0.1) is 6.61 Å². The summed E-state index contributed by atoms with van der Waals surface area (Å²) in [6.45, 7) is 1.38. The van der Waals surface area contributed by atoms with Gasteiger partial charge in [0.15, 0.2) is 5.69 Å². The largest absolute Gasteiger partial charge is 0.461 e. The Morgan fingerprint density at radius 3 is 2.30 bits per heavy atom. The Kier molecular flexibility index (Phi) is 4.50.